The van der Waals surface area contributed by atoms with Crippen molar-refractivity contribution < 1.29 is 8.42 Å². The van der Waals surface area contributed by atoms with Gasteiger partial charge in [0.1, 0.15) is 5.82 Å². The van der Waals surface area contributed by atoms with E-state index >= 15 is 0 Å². The van der Waals surface area contributed by atoms with E-state index < -0.39 is 9.84 Å². The van der Waals surface area contributed by atoms with Crippen LogP contribution in [0.25, 0.3) is 0 Å². The SMILES string of the molecule is CS(=O)(=O)Cc1cc(Br)cnc1N. The summed E-state index contributed by atoms with van der Waals surface area (Å²) < 4.78 is 22.7. The molecule has 1 heterocycles. The molecule has 0 aliphatic heterocycles. The fourth-order valence-electron chi connectivity index (χ4n) is 0.890. The van der Waals surface area contributed by atoms with Crippen LogP contribution in [0.15, 0.2) is 16.7 Å². The quantitative estimate of drug-likeness (QED) is 0.864. The van der Waals surface area contributed by atoms with Gasteiger partial charge in [-0.05, 0) is 22.0 Å². The van der Waals surface area contributed by atoms with Gasteiger partial charge in [-0.1, -0.05) is 0 Å². The number of nitrogens with zero attached hydrogens (tertiary/aromatic N) is 1. The van der Waals surface area contributed by atoms with E-state index in [-0.39, 0.29) is 11.6 Å². The summed E-state index contributed by atoms with van der Waals surface area (Å²) >= 11 is 3.19. The second-order valence-corrected chi connectivity index (χ2v) is 5.82. The number of hydrogen-bond donors (Lipinski definition) is 1. The van der Waals surface area contributed by atoms with Gasteiger partial charge in [-0.3, -0.25) is 0 Å². The fourth-order valence-corrected chi connectivity index (χ4v) is 2.06. The summed E-state index contributed by atoms with van der Waals surface area (Å²) in [6, 6.07) is 1.66. The summed E-state index contributed by atoms with van der Waals surface area (Å²) in [5.41, 5.74) is 6.03. The van der Waals surface area contributed by atoms with Gasteiger partial charge in [0.05, 0.1) is 5.75 Å². The zero-order valence-electron chi connectivity index (χ0n) is 6.99. The predicted molar refractivity (Wildman–Crippen MR) is 54.9 cm³/mol. The maximum absolute atomic E-state index is 11.0. The number of pyridine rings is 1. The van der Waals surface area contributed by atoms with Gasteiger partial charge in [-0.15, -0.1) is 0 Å². The molecule has 1 rings (SSSR count). The third-order valence-electron chi connectivity index (χ3n) is 1.39. The Balaban J connectivity index is 3.08. The molecule has 0 fully saturated rings. The van der Waals surface area contributed by atoms with Gasteiger partial charge in [0, 0.05) is 22.5 Å². The summed E-state index contributed by atoms with van der Waals surface area (Å²) in [5.74, 6) is 0.180. The van der Waals surface area contributed by atoms with Crippen LogP contribution in [-0.2, 0) is 15.6 Å². The molecular weight excluding hydrogens is 256 g/mol. The smallest absolute Gasteiger partial charge is 0.151 e. The molecule has 0 saturated carbocycles. The van der Waals surface area contributed by atoms with Crippen molar-refractivity contribution in [1.82, 2.24) is 4.98 Å². The van der Waals surface area contributed by atoms with Crippen LogP contribution in [0.1, 0.15) is 5.56 Å². The molecule has 0 aliphatic carbocycles. The third kappa shape index (κ3) is 3.31. The second-order valence-electron chi connectivity index (χ2n) is 2.77. The standard InChI is InChI=1S/C7H9BrN2O2S/c1-13(11,12)4-5-2-6(8)3-10-7(5)9/h2-3H,4H2,1H3,(H2,9,10). The van der Waals surface area contributed by atoms with Crippen LogP contribution in [0, 0.1) is 0 Å². The summed E-state index contributed by atoms with van der Waals surface area (Å²) in [7, 11) is -3.06. The average molecular weight is 265 g/mol. The average Bonchev–Trinajstić information content (AvgIpc) is 1.94. The van der Waals surface area contributed by atoms with Gasteiger partial charge in [0.25, 0.3) is 0 Å². The summed E-state index contributed by atoms with van der Waals surface area (Å²) in [5, 5.41) is 0. The number of halogens is 1. The molecule has 0 aromatic carbocycles. The molecular formula is C7H9BrN2O2S. The molecule has 72 valence electrons. The highest BCUT2D eigenvalue weighted by Gasteiger charge is 2.08. The number of nitrogens with two attached hydrogens (primary N) is 1. The van der Waals surface area contributed by atoms with Gasteiger partial charge >= 0.3 is 0 Å². The third-order valence-corrected chi connectivity index (χ3v) is 2.65. The Morgan fingerprint density at radius 1 is 1.62 bits per heavy atom. The largest absolute Gasteiger partial charge is 0.383 e. The van der Waals surface area contributed by atoms with Gasteiger partial charge in [0.15, 0.2) is 9.84 Å². The van der Waals surface area contributed by atoms with E-state index in [0.717, 1.165) is 10.7 Å². The monoisotopic (exact) mass is 264 g/mol. The molecule has 0 unspecified atom stereocenters. The van der Waals surface area contributed by atoms with E-state index in [9.17, 15) is 8.42 Å². The zero-order valence-corrected chi connectivity index (χ0v) is 9.39. The molecule has 4 nitrogen and oxygen atoms in total. The van der Waals surface area contributed by atoms with E-state index in [1.165, 1.54) is 6.20 Å². The van der Waals surface area contributed by atoms with Crippen molar-refractivity contribution in [3.8, 4) is 0 Å². The van der Waals surface area contributed by atoms with E-state index in [2.05, 4.69) is 20.9 Å². The number of hydrogen-bond acceptors (Lipinski definition) is 4. The molecule has 0 radical (unpaired) electrons. The Kier molecular flexibility index (Phi) is 2.92. The van der Waals surface area contributed by atoms with Gasteiger partial charge in [-0.25, -0.2) is 13.4 Å². The summed E-state index contributed by atoms with van der Waals surface area (Å²) in [4.78, 5) is 3.83. The predicted octanol–water partition coefficient (Wildman–Crippen LogP) is 0.971. The molecule has 0 aliphatic rings. The van der Waals surface area contributed by atoms with Crippen molar-refractivity contribution in [3.63, 3.8) is 0 Å². The fraction of sp³-hybridized carbons (Fsp3) is 0.286. The zero-order chi connectivity index (χ0) is 10.1. The van der Waals surface area contributed by atoms with Crippen molar-refractivity contribution in [2.75, 3.05) is 12.0 Å². The van der Waals surface area contributed by atoms with Crippen molar-refractivity contribution in [2.24, 2.45) is 0 Å². The maximum atomic E-state index is 11.0. The first-order valence-corrected chi connectivity index (χ1v) is 6.31. The highest BCUT2D eigenvalue weighted by Crippen LogP contribution is 2.17. The number of nitrogen functional groups attached to an aromatic ring is 1. The molecule has 0 spiro atoms. The first-order chi connectivity index (χ1) is 5.88. The lowest BCUT2D eigenvalue weighted by molar-refractivity contribution is 0.601. The minimum Gasteiger partial charge on any atom is -0.383 e. The van der Waals surface area contributed by atoms with Crippen molar-refractivity contribution in [3.05, 3.63) is 22.3 Å². The van der Waals surface area contributed by atoms with Crippen molar-refractivity contribution in [2.45, 2.75) is 5.75 Å². The molecule has 0 amide bonds. The molecule has 0 bridgehead atoms. The van der Waals surface area contributed by atoms with Crippen LogP contribution in [0.5, 0.6) is 0 Å². The number of rotatable bonds is 2. The van der Waals surface area contributed by atoms with Crippen LogP contribution in [0.3, 0.4) is 0 Å². The van der Waals surface area contributed by atoms with E-state index in [1.807, 2.05) is 0 Å². The minimum atomic E-state index is -3.06. The normalized spacial score (nSPS) is 11.5. The molecule has 2 N–H and O–H groups in total. The van der Waals surface area contributed by atoms with Crippen LogP contribution < -0.4 is 5.73 Å². The van der Waals surface area contributed by atoms with Crippen LogP contribution in [0.2, 0.25) is 0 Å². The molecule has 0 saturated heterocycles. The highest BCUT2D eigenvalue weighted by atomic mass is 79.9. The first-order valence-electron chi connectivity index (χ1n) is 3.46. The molecule has 13 heavy (non-hydrogen) atoms. The van der Waals surface area contributed by atoms with E-state index in [0.29, 0.717) is 5.56 Å². The molecule has 1 aromatic rings. The van der Waals surface area contributed by atoms with Crippen LogP contribution >= 0.6 is 15.9 Å². The minimum absolute atomic E-state index is 0.0781. The lowest BCUT2D eigenvalue weighted by Crippen LogP contribution is -2.05. The molecule has 6 heteroatoms. The lowest BCUT2D eigenvalue weighted by atomic mass is 10.3. The second kappa shape index (κ2) is 3.63. The molecule has 0 atom stereocenters. The van der Waals surface area contributed by atoms with Crippen LogP contribution in [-0.4, -0.2) is 19.7 Å². The number of sulfone groups is 1. The van der Waals surface area contributed by atoms with Gasteiger partial charge in [-0.2, -0.15) is 0 Å². The Morgan fingerprint density at radius 3 is 2.77 bits per heavy atom. The number of anilines is 1. The lowest BCUT2D eigenvalue weighted by Gasteiger charge is -2.03. The van der Waals surface area contributed by atoms with Gasteiger partial charge in [0.2, 0.25) is 0 Å². The summed E-state index contributed by atoms with van der Waals surface area (Å²) in [6.45, 7) is 0. The van der Waals surface area contributed by atoms with Gasteiger partial charge < -0.3 is 5.73 Å². The summed E-state index contributed by atoms with van der Waals surface area (Å²) in [6.07, 6.45) is 2.69. The number of aromatic nitrogens is 1. The Hall–Kier alpha value is -0.620. The Bertz CT molecular complexity index is 417. The Labute approximate surface area is 85.2 Å². The van der Waals surface area contributed by atoms with Crippen LogP contribution in [0.4, 0.5) is 5.82 Å². The first kappa shape index (κ1) is 10.5. The van der Waals surface area contributed by atoms with E-state index in [1.54, 1.807) is 6.07 Å². The Morgan fingerprint density at radius 2 is 2.23 bits per heavy atom. The van der Waals surface area contributed by atoms with E-state index in [4.69, 9.17) is 5.73 Å². The van der Waals surface area contributed by atoms with Crippen molar-refractivity contribution >= 4 is 31.6 Å². The topological polar surface area (TPSA) is 73.0 Å². The van der Waals surface area contributed by atoms with Crippen molar-refractivity contribution in [1.29, 1.82) is 0 Å². The molecule has 1 aromatic heterocycles. The maximum Gasteiger partial charge on any atom is 0.151 e. The highest BCUT2D eigenvalue weighted by molar-refractivity contribution is 9.10.